The highest BCUT2D eigenvalue weighted by molar-refractivity contribution is 5.83. The molecule has 0 aliphatic carbocycles. The Morgan fingerprint density at radius 2 is 1.74 bits per heavy atom. The zero-order valence-electron chi connectivity index (χ0n) is 16.8. The van der Waals surface area contributed by atoms with Gasteiger partial charge in [0.1, 0.15) is 11.6 Å². The summed E-state index contributed by atoms with van der Waals surface area (Å²) in [7, 11) is 0. The first-order valence-corrected chi connectivity index (χ1v) is 9.70. The van der Waals surface area contributed by atoms with Crippen molar-refractivity contribution in [1.29, 1.82) is 5.26 Å². The molecule has 6 nitrogen and oxygen atoms in total. The van der Waals surface area contributed by atoms with Crippen LogP contribution in [0.25, 0.3) is 22.4 Å². The molecule has 1 heterocycles. The number of hydrazone groups is 1. The van der Waals surface area contributed by atoms with Gasteiger partial charge in [-0.25, -0.2) is 10.4 Å². The molecule has 0 saturated heterocycles. The molecule has 0 atom stereocenters. The van der Waals surface area contributed by atoms with E-state index in [9.17, 15) is 10.1 Å². The third-order valence-electron chi connectivity index (χ3n) is 4.81. The molecule has 4 rings (SSSR count). The zero-order valence-corrected chi connectivity index (χ0v) is 16.8. The molecule has 4 aromatic rings. The van der Waals surface area contributed by atoms with Gasteiger partial charge in [0.2, 0.25) is 5.95 Å². The molecule has 3 aromatic carbocycles. The fourth-order valence-corrected chi connectivity index (χ4v) is 3.29. The van der Waals surface area contributed by atoms with E-state index in [2.05, 4.69) is 45.6 Å². The van der Waals surface area contributed by atoms with E-state index < -0.39 is 5.56 Å². The second kappa shape index (κ2) is 8.89. The van der Waals surface area contributed by atoms with Gasteiger partial charge >= 0.3 is 0 Å². The lowest BCUT2D eigenvalue weighted by atomic mass is 9.99. The lowest BCUT2D eigenvalue weighted by Crippen LogP contribution is -2.16. The summed E-state index contributed by atoms with van der Waals surface area (Å²) in [5.74, 6) is 0.161. The lowest BCUT2D eigenvalue weighted by molar-refractivity contribution is 1.08. The van der Waals surface area contributed by atoms with E-state index in [0.717, 1.165) is 16.7 Å². The molecule has 1 aromatic heterocycles. The van der Waals surface area contributed by atoms with Gasteiger partial charge in [0, 0.05) is 5.56 Å². The molecule has 0 saturated carbocycles. The minimum Gasteiger partial charge on any atom is -0.290 e. The van der Waals surface area contributed by atoms with Crippen LogP contribution in [0.4, 0.5) is 5.95 Å². The van der Waals surface area contributed by atoms with Crippen LogP contribution in [-0.4, -0.2) is 16.2 Å². The summed E-state index contributed by atoms with van der Waals surface area (Å²) in [4.78, 5) is 19.3. The predicted octanol–water partition coefficient (Wildman–Crippen LogP) is 4.73. The maximum atomic E-state index is 12.3. The Morgan fingerprint density at radius 3 is 2.52 bits per heavy atom. The van der Waals surface area contributed by atoms with E-state index in [4.69, 9.17) is 0 Å². The summed E-state index contributed by atoms with van der Waals surface area (Å²) in [5.41, 5.74) is 7.55. The van der Waals surface area contributed by atoms with Crippen LogP contribution >= 0.6 is 0 Å². The SMILES string of the molecule is Cc1ccccc1-c1cccc(C=NNc2nc(-c3ccccc3)c(C#N)c(=O)[nH]2)c1. The maximum absolute atomic E-state index is 12.3. The Bertz CT molecular complexity index is 1350. The van der Waals surface area contributed by atoms with Crippen LogP contribution in [0.2, 0.25) is 0 Å². The average molecular weight is 405 g/mol. The molecule has 0 amide bonds. The first-order valence-electron chi connectivity index (χ1n) is 9.70. The molecule has 0 bridgehead atoms. The molecular formula is C25H19N5O. The van der Waals surface area contributed by atoms with Crippen molar-refractivity contribution in [3.05, 3.63) is 106 Å². The smallest absolute Gasteiger partial charge is 0.270 e. The Morgan fingerprint density at radius 1 is 1.00 bits per heavy atom. The number of hydrogen-bond acceptors (Lipinski definition) is 5. The van der Waals surface area contributed by atoms with Crippen LogP contribution in [0.5, 0.6) is 0 Å². The zero-order chi connectivity index (χ0) is 21.6. The minimum absolute atomic E-state index is 0.0355. The van der Waals surface area contributed by atoms with Gasteiger partial charge in [-0.2, -0.15) is 10.4 Å². The first kappa shape index (κ1) is 19.8. The maximum Gasteiger partial charge on any atom is 0.270 e. The largest absolute Gasteiger partial charge is 0.290 e. The van der Waals surface area contributed by atoms with E-state index in [-0.39, 0.29) is 11.5 Å². The van der Waals surface area contributed by atoms with Crippen LogP contribution in [-0.2, 0) is 0 Å². The van der Waals surface area contributed by atoms with Crippen molar-refractivity contribution in [2.75, 3.05) is 5.43 Å². The molecule has 6 heteroatoms. The molecule has 2 N–H and O–H groups in total. The lowest BCUT2D eigenvalue weighted by Gasteiger charge is -2.07. The molecule has 150 valence electrons. The average Bonchev–Trinajstić information content (AvgIpc) is 2.80. The van der Waals surface area contributed by atoms with Crippen molar-refractivity contribution in [1.82, 2.24) is 9.97 Å². The number of hydrogen-bond donors (Lipinski definition) is 2. The Kier molecular flexibility index (Phi) is 5.68. The minimum atomic E-state index is -0.518. The summed E-state index contributed by atoms with van der Waals surface area (Å²) in [5, 5.41) is 13.6. The first-order chi connectivity index (χ1) is 15.2. The van der Waals surface area contributed by atoms with E-state index in [1.165, 1.54) is 5.56 Å². The Balaban J connectivity index is 1.60. The van der Waals surface area contributed by atoms with Crippen LogP contribution in [0.15, 0.2) is 88.8 Å². The molecule has 0 aliphatic heterocycles. The van der Waals surface area contributed by atoms with Crippen LogP contribution in [0.3, 0.4) is 0 Å². The summed E-state index contributed by atoms with van der Waals surface area (Å²) in [6, 6.07) is 27.2. The number of benzene rings is 3. The van der Waals surface area contributed by atoms with E-state index >= 15 is 0 Å². The monoisotopic (exact) mass is 405 g/mol. The number of H-pyrrole nitrogens is 1. The molecule has 0 radical (unpaired) electrons. The number of aromatic amines is 1. The standard InChI is InChI=1S/C25H19N5O/c1-17-8-5-6-13-21(17)20-12-7-9-18(14-20)16-27-30-25-28-23(19-10-3-2-4-11-19)22(15-26)24(31)29-25/h2-14,16H,1H3,(H2,28,29,30,31). The van der Waals surface area contributed by atoms with Gasteiger partial charge in [0.05, 0.1) is 11.9 Å². The quantitative estimate of drug-likeness (QED) is 0.371. The van der Waals surface area contributed by atoms with Gasteiger partial charge < -0.3 is 0 Å². The van der Waals surface area contributed by atoms with Gasteiger partial charge in [-0.05, 0) is 35.2 Å². The second-order valence-corrected chi connectivity index (χ2v) is 6.93. The van der Waals surface area contributed by atoms with Crippen LogP contribution in [0.1, 0.15) is 16.7 Å². The summed E-state index contributed by atoms with van der Waals surface area (Å²) >= 11 is 0. The summed E-state index contributed by atoms with van der Waals surface area (Å²) in [6.45, 7) is 2.08. The fraction of sp³-hybridized carbons (Fsp3) is 0.0400. The highest BCUT2D eigenvalue weighted by Gasteiger charge is 2.12. The van der Waals surface area contributed by atoms with Crippen LogP contribution < -0.4 is 11.0 Å². The molecule has 0 fully saturated rings. The topological polar surface area (TPSA) is 93.9 Å². The van der Waals surface area contributed by atoms with Crippen molar-refractivity contribution in [3.8, 4) is 28.5 Å². The summed E-state index contributed by atoms with van der Waals surface area (Å²) in [6.07, 6.45) is 1.65. The number of aryl methyl sites for hydroxylation is 1. The third-order valence-corrected chi connectivity index (χ3v) is 4.81. The van der Waals surface area contributed by atoms with Crippen molar-refractivity contribution in [3.63, 3.8) is 0 Å². The number of anilines is 1. The van der Waals surface area contributed by atoms with E-state index in [1.54, 1.807) is 18.3 Å². The molecule has 0 aliphatic rings. The van der Waals surface area contributed by atoms with E-state index in [0.29, 0.717) is 11.3 Å². The number of nitrogens with zero attached hydrogens (tertiary/aromatic N) is 3. The number of rotatable bonds is 5. The highest BCUT2D eigenvalue weighted by atomic mass is 16.1. The van der Waals surface area contributed by atoms with Gasteiger partial charge in [-0.15, -0.1) is 0 Å². The molecule has 0 spiro atoms. The van der Waals surface area contributed by atoms with Crippen molar-refractivity contribution in [2.24, 2.45) is 5.10 Å². The molecule has 31 heavy (non-hydrogen) atoms. The predicted molar refractivity (Wildman–Crippen MR) is 123 cm³/mol. The van der Waals surface area contributed by atoms with Crippen molar-refractivity contribution < 1.29 is 0 Å². The van der Waals surface area contributed by atoms with Crippen molar-refractivity contribution >= 4 is 12.2 Å². The van der Waals surface area contributed by atoms with Crippen molar-refractivity contribution in [2.45, 2.75) is 6.92 Å². The number of nitrogens with one attached hydrogen (secondary N) is 2. The second-order valence-electron chi connectivity index (χ2n) is 6.93. The van der Waals surface area contributed by atoms with Crippen LogP contribution in [0, 0.1) is 18.3 Å². The van der Waals surface area contributed by atoms with E-state index in [1.807, 2.05) is 54.6 Å². The fourth-order valence-electron chi connectivity index (χ4n) is 3.29. The van der Waals surface area contributed by atoms with Gasteiger partial charge in [0.15, 0.2) is 0 Å². The number of aromatic nitrogens is 2. The normalized spacial score (nSPS) is 10.7. The van der Waals surface area contributed by atoms with Gasteiger partial charge in [-0.3, -0.25) is 9.78 Å². The highest BCUT2D eigenvalue weighted by Crippen LogP contribution is 2.23. The Hall–Kier alpha value is -4.50. The number of nitriles is 1. The third kappa shape index (κ3) is 4.41. The summed E-state index contributed by atoms with van der Waals surface area (Å²) < 4.78 is 0. The van der Waals surface area contributed by atoms with Gasteiger partial charge in [0.25, 0.3) is 5.56 Å². The van der Waals surface area contributed by atoms with Gasteiger partial charge in [-0.1, -0.05) is 72.8 Å². The Labute approximate surface area is 179 Å². The molecular weight excluding hydrogens is 386 g/mol. The molecule has 0 unspecified atom stereocenters.